The second kappa shape index (κ2) is 16.1. The molecule has 0 aromatic rings. The van der Waals surface area contributed by atoms with Gasteiger partial charge in [-0.2, -0.15) is 0 Å². The molecule has 0 radical (unpaired) electrons. The lowest BCUT2D eigenvalue weighted by Gasteiger charge is -2.23. The highest BCUT2D eigenvalue weighted by atomic mass is 16.3. The first kappa shape index (κ1) is 23.6. The second-order valence-corrected chi connectivity index (χ2v) is 7.92. The first-order chi connectivity index (χ1) is 11.5. The molecule has 0 saturated carbocycles. The van der Waals surface area contributed by atoms with Crippen molar-refractivity contribution >= 4 is 5.91 Å². The van der Waals surface area contributed by atoms with E-state index in [1.807, 2.05) is 0 Å². The summed E-state index contributed by atoms with van der Waals surface area (Å²) in [5, 5.41) is 9.14. The minimum atomic E-state index is -0.0996. The zero-order chi connectivity index (χ0) is 18.1. The van der Waals surface area contributed by atoms with Crippen LogP contribution in [0, 0.1) is 0 Å². The van der Waals surface area contributed by atoms with Crippen LogP contribution in [0.1, 0.15) is 110 Å². The van der Waals surface area contributed by atoms with E-state index in [1.54, 1.807) is 14.1 Å². The van der Waals surface area contributed by atoms with Gasteiger partial charge in [0, 0.05) is 0 Å². The molecule has 0 aromatic carbocycles. The van der Waals surface area contributed by atoms with Crippen molar-refractivity contribution in [3.63, 3.8) is 0 Å². The van der Waals surface area contributed by atoms with E-state index in [0.717, 1.165) is 12.8 Å². The number of rotatable bonds is 17. The Balaban J connectivity index is 3.19. The number of amides is 1. The van der Waals surface area contributed by atoms with Crippen LogP contribution in [0.5, 0.6) is 0 Å². The maximum Gasteiger partial charge on any atom is 0.315 e. The molecule has 0 rings (SSSR count). The molecule has 3 nitrogen and oxygen atoms in total. The van der Waals surface area contributed by atoms with Crippen molar-refractivity contribution in [1.29, 1.82) is 0 Å². The van der Waals surface area contributed by atoms with Crippen LogP contribution in [-0.4, -0.2) is 36.3 Å². The molecule has 0 aliphatic rings. The number of hydrogen-bond donors (Lipinski definition) is 1. The Bertz CT molecular complexity index is 290. The third kappa shape index (κ3) is 14.0. The van der Waals surface area contributed by atoms with Crippen molar-refractivity contribution in [3.05, 3.63) is 0 Å². The van der Waals surface area contributed by atoms with Gasteiger partial charge in [-0.3, -0.25) is 0 Å². The monoisotopic (exact) mass is 342 g/mol. The van der Waals surface area contributed by atoms with Gasteiger partial charge in [0.2, 0.25) is 0 Å². The molecule has 0 aromatic heterocycles. The van der Waals surface area contributed by atoms with E-state index in [9.17, 15) is 4.79 Å². The summed E-state index contributed by atoms with van der Waals surface area (Å²) in [7, 11) is 3.54. The summed E-state index contributed by atoms with van der Waals surface area (Å²) >= 11 is 0. The summed E-state index contributed by atoms with van der Waals surface area (Å²) < 4.78 is 0.0958. The minimum absolute atomic E-state index is 0.0958. The molecule has 1 amide bonds. The van der Waals surface area contributed by atoms with Crippen LogP contribution in [0.3, 0.4) is 0 Å². The summed E-state index contributed by atoms with van der Waals surface area (Å²) in [6.07, 6.45) is 20.7. The highest BCUT2D eigenvalue weighted by molar-refractivity contribution is 5.68. The molecule has 144 valence electrons. The standard InChI is InChI=1S/C21H44NO2/c1-4-5-6-7-8-9-10-11-12-13-14-15-16-17-18-19-21(24)22(2,3)20-23/h23H,4-20H2,1-3H3/q+1. The van der Waals surface area contributed by atoms with Gasteiger partial charge in [-0.15, -0.1) is 0 Å². The second-order valence-electron chi connectivity index (χ2n) is 7.92. The number of carbonyl (C=O) groups is 1. The molecule has 0 unspecified atom stereocenters. The molecule has 0 spiro atoms. The van der Waals surface area contributed by atoms with Crippen LogP contribution in [0.15, 0.2) is 0 Å². The summed E-state index contributed by atoms with van der Waals surface area (Å²) in [4.78, 5) is 11.8. The van der Waals surface area contributed by atoms with E-state index >= 15 is 0 Å². The number of unbranched alkanes of at least 4 members (excludes halogenated alkanes) is 14. The third-order valence-electron chi connectivity index (χ3n) is 5.02. The molecule has 0 aliphatic heterocycles. The average molecular weight is 343 g/mol. The number of aliphatic hydroxyl groups excluding tert-OH is 1. The Labute approximate surface area is 151 Å². The SMILES string of the molecule is CCCCCCCCCCCCCCCCCC(=O)[N+](C)(C)CO. The molecular weight excluding hydrogens is 298 g/mol. The van der Waals surface area contributed by atoms with E-state index in [4.69, 9.17) is 5.11 Å². The fourth-order valence-electron chi connectivity index (χ4n) is 3.03. The van der Waals surface area contributed by atoms with E-state index in [1.165, 1.54) is 83.5 Å². The van der Waals surface area contributed by atoms with Crippen LogP contribution >= 0.6 is 0 Å². The van der Waals surface area contributed by atoms with Crippen molar-refractivity contribution in [2.24, 2.45) is 0 Å². The van der Waals surface area contributed by atoms with Gasteiger partial charge in [0.05, 0.1) is 20.5 Å². The van der Waals surface area contributed by atoms with Crippen molar-refractivity contribution in [2.75, 3.05) is 20.8 Å². The highest BCUT2D eigenvalue weighted by Gasteiger charge is 2.23. The van der Waals surface area contributed by atoms with Crippen molar-refractivity contribution < 1.29 is 14.4 Å². The molecule has 24 heavy (non-hydrogen) atoms. The molecule has 1 N–H and O–H groups in total. The van der Waals surface area contributed by atoms with Crippen LogP contribution in [0.4, 0.5) is 0 Å². The Morgan fingerprint density at radius 2 is 1.00 bits per heavy atom. The summed E-state index contributed by atoms with van der Waals surface area (Å²) in [5.74, 6) is 0.146. The molecule has 3 heteroatoms. The van der Waals surface area contributed by atoms with E-state index in [2.05, 4.69) is 6.92 Å². The fourth-order valence-corrected chi connectivity index (χ4v) is 3.03. The lowest BCUT2D eigenvalue weighted by atomic mass is 10.0. The van der Waals surface area contributed by atoms with Crippen molar-refractivity contribution in [2.45, 2.75) is 110 Å². The van der Waals surface area contributed by atoms with Crippen LogP contribution in [0.25, 0.3) is 0 Å². The maximum absolute atomic E-state index is 11.8. The van der Waals surface area contributed by atoms with Crippen molar-refractivity contribution in [3.8, 4) is 0 Å². The molecule has 0 aliphatic carbocycles. The van der Waals surface area contributed by atoms with E-state index in [0.29, 0.717) is 6.42 Å². The van der Waals surface area contributed by atoms with Gasteiger partial charge in [0.25, 0.3) is 0 Å². The molecule has 0 atom stereocenters. The van der Waals surface area contributed by atoms with Gasteiger partial charge in [0.15, 0.2) is 6.73 Å². The predicted molar refractivity (Wildman–Crippen MR) is 104 cm³/mol. The molecule has 0 heterocycles. The Hall–Kier alpha value is -0.410. The van der Waals surface area contributed by atoms with Crippen LogP contribution in [-0.2, 0) is 4.79 Å². The van der Waals surface area contributed by atoms with Gasteiger partial charge in [-0.1, -0.05) is 96.8 Å². The van der Waals surface area contributed by atoms with Crippen LogP contribution < -0.4 is 0 Å². The summed E-state index contributed by atoms with van der Waals surface area (Å²) in [6.45, 7) is 2.18. The number of carbonyl (C=O) groups excluding carboxylic acids is 1. The third-order valence-corrected chi connectivity index (χ3v) is 5.02. The molecule has 0 bridgehead atoms. The van der Waals surface area contributed by atoms with Gasteiger partial charge < -0.3 is 5.11 Å². The number of hydrogen-bond acceptors (Lipinski definition) is 2. The normalized spacial score (nSPS) is 11.8. The van der Waals surface area contributed by atoms with Gasteiger partial charge in [0.1, 0.15) is 0 Å². The van der Waals surface area contributed by atoms with Gasteiger partial charge in [-0.25, -0.2) is 9.28 Å². The molecule has 0 saturated heterocycles. The Kier molecular flexibility index (Phi) is 15.8. The largest absolute Gasteiger partial charge is 0.347 e. The smallest absolute Gasteiger partial charge is 0.315 e. The number of nitrogens with zero attached hydrogens (tertiary/aromatic N) is 1. The lowest BCUT2D eigenvalue weighted by Crippen LogP contribution is -2.45. The predicted octanol–water partition coefficient (Wildman–Crippen LogP) is 5.80. The van der Waals surface area contributed by atoms with Gasteiger partial charge in [-0.05, 0) is 6.42 Å². The summed E-state index contributed by atoms with van der Waals surface area (Å²) in [6, 6.07) is 0. The highest BCUT2D eigenvalue weighted by Crippen LogP contribution is 2.14. The van der Waals surface area contributed by atoms with Crippen molar-refractivity contribution in [1.82, 2.24) is 0 Å². The van der Waals surface area contributed by atoms with E-state index < -0.39 is 0 Å². The zero-order valence-electron chi connectivity index (χ0n) is 16.8. The summed E-state index contributed by atoms with van der Waals surface area (Å²) in [5.41, 5.74) is 0. The first-order valence-electron chi connectivity index (χ1n) is 10.5. The average Bonchev–Trinajstić information content (AvgIpc) is 2.58. The minimum Gasteiger partial charge on any atom is -0.347 e. The molecule has 0 fully saturated rings. The van der Waals surface area contributed by atoms with Gasteiger partial charge >= 0.3 is 5.91 Å². The lowest BCUT2D eigenvalue weighted by molar-refractivity contribution is -0.835. The first-order valence-corrected chi connectivity index (χ1v) is 10.5. The maximum atomic E-state index is 11.8. The Morgan fingerprint density at radius 3 is 1.33 bits per heavy atom. The fraction of sp³-hybridized carbons (Fsp3) is 0.952. The number of quaternary nitrogens is 1. The van der Waals surface area contributed by atoms with E-state index in [-0.39, 0.29) is 17.1 Å². The Morgan fingerprint density at radius 1 is 0.667 bits per heavy atom. The van der Waals surface area contributed by atoms with Crippen LogP contribution in [0.2, 0.25) is 0 Å². The molecular formula is C21H44NO2+. The quantitative estimate of drug-likeness (QED) is 0.206. The zero-order valence-corrected chi connectivity index (χ0v) is 16.8. The topological polar surface area (TPSA) is 37.3 Å². The number of aliphatic hydroxyl groups is 1.